The first-order chi connectivity index (χ1) is 21.1. The van der Waals surface area contributed by atoms with Crippen LogP contribution in [0.2, 0.25) is 0 Å². The van der Waals surface area contributed by atoms with Crippen molar-refractivity contribution in [2.75, 3.05) is 11.5 Å². The summed E-state index contributed by atoms with van der Waals surface area (Å²) >= 11 is 14.9. The Kier molecular flexibility index (Phi) is 6.25. The van der Waals surface area contributed by atoms with Crippen LogP contribution in [-0.4, -0.2) is 35.1 Å². The summed E-state index contributed by atoms with van der Waals surface area (Å²) in [5.74, 6) is -4.64. The number of Topliss-reactive ketones (excluding diaryl/α,β-unsaturated/α-hetero) is 1. The molecule has 0 radical (unpaired) electrons. The highest BCUT2D eigenvalue weighted by Gasteiger charge is 2.73. The molecule has 11 heteroatoms. The lowest BCUT2D eigenvalue weighted by atomic mass is 9.54. The van der Waals surface area contributed by atoms with Crippen LogP contribution in [0.3, 0.4) is 0 Å². The number of nitrogens with zero attached hydrogens (tertiary/aromatic N) is 2. The number of rotatable bonds is 6. The number of nitro groups is 1. The average Bonchev–Trinajstić information content (AvgIpc) is 3.33. The maximum atomic E-state index is 14.2. The third kappa shape index (κ3) is 3.72. The Morgan fingerprint density at radius 2 is 1.25 bits per heavy atom. The van der Waals surface area contributed by atoms with Crippen LogP contribution >= 0.6 is 23.2 Å². The fourth-order valence-electron chi connectivity index (χ4n) is 6.78. The summed E-state index contributed by atoms with van der Waals surface area (Å²) < 4.78 is 5.18. The van der Waals surface area contributed by atoms with E-state index in [0.29, 0.717) is 22.3 Å². The number of ketones is 1. The number of carbonyl (C=O) groups excluding carboxylic acids is 4. The Morgan fingerprint density at radius 1 is 0.750 bits per heavy atom. The van der Waals surface area contributed by atoms with Gasteiger partial charge in [-0.15, -0.1) is 23.2 Å². The van der Waals surface area contributed by atoms with Gasteiger partial charge < -0.3 is 4.74 Å². The molecule has 8 rings (SSSR count). The summed E-state index contributed by atoms with van der Waals surface area (Å²) in [7, 11) is 0. The monoisotopic (exact) mass is 626 g/mol. The molecule has 2 amide bonds. The molecule has 0 saturated carbocycles. The molecule has 44 heavy (non-hydrogen) atoms. The fraction of sp³-hybridized carbons (Fsp3) is 0.152. The first-order valence-electron chi connectivity index (χ1n) is 13.6. The highest BCUT2D eigenvalue weighted by molar-refractivity contribution is 6.38. The van der Waals surface area contributed by atoms with E-state index in [1.807, 2.05) is 48.5 Å². The minimum atomic E-state index is -1.35. The number of hydrogen-bond acceptors (Lipinski definition) is 7. The van der Waals surface area contributed by atoms with E-state index in [0.717, 1.165) is 11.0 Å². The van der Waals surface area contributed by atoms with Gasteiger partial charge in [0, 0.05) is 17.7 Å². The van der Waals surface area contributed by atoms with Gasteiger partial charge in [-0.05, 0) is 40.5 Å². The van der Waals surface area contributed by atoms with Crippen molar-refractivity contribution in [1.82, 2.24) is 0 Å². The molecule has 1 aliphatic heterocycles. The van der Waals surface area contributed by atoms with Crippen molar-refractivity contribution in [3.8, 4) is 0 Å². The summed E-state index contributed by atoms with van der Waals surface area (Å²) in [6, 6.07) is 25.4. The molecule has 4 aromatic rings. The van der Waals surface area contributed by atoms with Gasteiger partial charge in [-0.1, -0.05) is 66.7 Å². The first-order valence-corrected chi connectivity index (χ1v) is 14.3. The van der Waals surface area contributed by atoms with Crippen molar-refractivity contribution in [2.45, 2.75) is 9.75 Å². The Balaban J connectivity index is 1.20. The predicted molar refractivity (Wildman–Crippen MR) is 160 cm³/mol. The third-order valence-corrected chi connectivity index (χ3v) is 9.92. The molecule has 2 atom stereocenters. The van der Waals surface area contributed by atoms with Crippen LogP contribution in [0, 0.1) is 22.0 Å². The number of alkyl halides is 2. The second-order valence-corrected chi connectivity index (χ2v) is 12.0. The summed E-state index contributed by atoms with van der Waals surface area (Å²) in [6.45, 7) is -0.671. The normalized spacial score (nSPS) is 24.4. The lowest BCUT2D eigenvalue weighted by Gasteiger charge is -2.54. The Labute approximate surface area is 260 Å². The first kappa shape index (κ1) is 27.9. The number of halogens is 2. The Bertz CT molecular complexity index is 1840. The van der Waals surface area contributed by atoms with Crippen LogP contribution in [0.4, 0.5) is 11.4 Å². The Hall–Kier alpha value is -4.86. The summed E-state index contributed by atoms with van der Waals surface area (Å²) in [6.07, 6.45) is 0. The van der Waals surface area contributed by atoms with Gasteiger partial charge in [-0.2, -0.15) is 0 Å². The minimum absolute atomic E-state index is 0.0123. The van der Waals surface area contributed by atoms with Gasteiger partial charge in [-0.25, -0.2) is 9.69 Å². The zero-order chi connectivity index (χ0) is 31.0. The number of non-ortho nitro benzene ring substituents is 1. The van der Waals surface area contributed by atoms with Crippen LogP contribution in [0.15, 0.2) is 97.1 Å². The van der Waals surface area contributed by atoms with E-state index in [9.17, 15) is 29.3 Å². The Morgan fingerprint density at radius 3 is 1.77 bits per heavy atom. The molecule has 1 saturated heterocycles. The number of imide groups is 1. The predicted octanol–water partition coefficient (Wildman–Crippen LogP) is 5.73. The molecule has 0 N–H and O–H groups in total. The van der Waals surface area contributed by atoms with E-state index in [2.05, 4.69) is 0 Å². The summed E-state index contributed by atoms with van der Waals surface area (Å²) in [4.78, 5) is 62.6. The van der Waals surface area contributed by atoms with Gasteiger partial charge >= 0.3 is 5.97 Å². The molecule has 4 aliphatic rings. The number of amides is 2. The van der Waals surface area contributed by atoms with Gasteiger partial charge in [0.05, 0.1) is 28.0 Å². The number of anilines is 1. The molecule has 0 aromatic heterocycles. The maximum Gasteiger partial charge on any atom is 0.338 e. The highest BCUT2D eigenvalue weighted by atomic mass is 35.5. The van der Waals surface area contributed by atoms with Crippen molar-refractivity contribution >= 4 is 58.1 Å². The fourth-order valence-corrected chi connectivity index (χ4v) is 7.88. The van der Waals surface area contributed by atoms with Gasteiger partial charge in [0.15, 0.2) is 6.61 Å². The molecule has 0 unspecified atom stereocenters. The van der Waals surface area contributed by atoms with E-state index in [-0.39, 0.29) is 22.5 Å². The molecule has 9 nitrogen and oxygen atoms in total. The lowest BCUT2D eigenvalue weighted by molar-refractivity contribution is -0.384. The standard InChI is InChI=1S/C33H20Cl2N2O7/c34-32-22-11-1-2-12-23(22)33(35,25-14-4-3-13-24(25)32)28-27(32)29(39)36(30(28)40)20-9-6-8-19(16-20)31(41)44-17-26(38)18-7-5-10-21(15-18)37(42)43/h1-16,27-28H,17H2/t27-,28-,32?,33?/m0/s1. The average molecular weight is 627 g/mol. The molecule has 1 heterocycles. The van der Waals surface area contributed by atoms with Crippen LogP contribution in [0.5, 0.6) is 0 Å². The molecule has 218 valence electrons. The van der Waals surface area contributed by atoms with Crippen molar-refractivity contribution < 1.29 is 28.8 Å². The number of carbonyl (C=O) groups is 4. The second kappa shape index (κ2) is 9.83. The smallest absolute Gasteiger partial charge is 0.338 e. The van der Waals surface area contributed by atoms with Crippen molar-refractivity contribution in [3.05, 3.63) is 141 Å². The molecule has 4 aromatic carbocycles. The summed E-state index contributed by atoms with van der Waals surface area (Å²) in [5, 5.41) is 11.0. The lowest BCUT2D eigenvalue weighted by Crippen LogP contribution is -2.57. The van der Waals surface area contributed by atoms with Gasteiger partial charge in [-0.3, -0.25) is 24.5 Å². The second-order valence-electron chi connectivity index (χ2n) is 10.8. The number of nitro benzene ring substituents is 1. The van der Waals surface area contributed by atoms with E-state index in [1.165, 1.54) is 42.5 Å². The SMILES string of the molecule is O=C(COC(=O)c1cccc(N2C(=O)[C@@H]3[C@@H](C2=O)C2(Cl)c4ccccc4C3(Cl)c3ccccc32)c1)c1cccc([N+](=O)[O-])c1. The van der Waals surface area contributed by atoms with Gasteiger partial charge in [0.25, 0.3) is 5.69 Å². The molecular formula is C33H20Cl2N2O7. The number of benzene rings is 4. The number of hydrogen-bond donors (Lipinski definition) is 0. The zero-order valence-corrected chi connectivity index (χ0v) is 24.1. The van der Waals surface area contributed by atoms with E-state index < -0.39 is 56.7 Å². The van der Waals surface area contributed by atoms with E-state index in [4.69, 9.17) is 27.9 Å². The van der Waals surface area contributed by atoms with Gasteiger partial charge in [0.2, 0.25) is 17.6 Å². The van der Waals surface area contributed by atoms with Crippen molar-refractivity contribution in [1.29, 1.82) is 0 Å². The highest BCUT2D eigenvalue weighted by Crippen LogP contribution is 2.69. The topological polar surface area (TPSA) is 124 Å². The molecular weight excluding hydrogens is 607 g/mol. The quantitative estimate of drug-likeness (QED) is 0.0668. The number of ether oxygens (including phenoxy) is 1. The van der Waals surface area contributed by atoms with Crippen LogP contribution in [0.1, 0.15) is 43.0 Å². The molecule has 0 spiro atoms. The van der Waals surface area contributed by atoms with E-state index >= 15 is 0 Å². The van der Waals surface area contributed by atoms with Crippen molar-refractivity contribution in [3.63, 3.8) is 0 Å². The minimum Gasteiger partial charge on any atom is -0.454 e. The molecule has 2 bridgehead atoms. The van der Waals surface area contributed by atoms with E-state index in [1.54, 1.807) is 0 Å². The zero-order valence-electron chi connectivity index (χ0n) is 22.6. The maximum absolute atomic E-state index is 14.2. The van der Waals surface area contributed by atoms with Gasteiger partial charge in [0.1, 0.15) is 9.75 Å². The molecule has 3 aliphatic carbocycles. The third-order valence-electron chi connectivity index (χ3n) is 8.64. The van der Waals surface area contributed by atoms with Crippen LogP contribution < -0.4 is 4.90 Å². The number of esters is 1. The summed E-state index contributed by atoms with van der Waals surface area (Å²) in [5.41, 5.74) is 2.54. The van der Waals surface area contributed by atoms with Crippen LogP contribution in [0.25, 0.3) is 0 Å². The molecule has 1 fully saturated rings. The van der Waals surface area contributed by atoms with Crippen LogP contribution in [-0.2, 0) is 24.1 Å². The van der Waals surface area contributed by atoms with Crippen molar-refractivity contribution in [2.24, 2.45) is 11.8 Å². The largest absolute Gasteiger partial charge is 0.454 e.